The summed E-state index contributed by atoms with van der Waals surface area (Å²) in [6, 6.07) is 0. The van der Waals surface area contributed by atoms with Gasteiger partial charge in [0.2, 0.25) is 5.91 Å². The van der Waals surface area contributed by atoms with E-state index >= 15 is 0 Å². The topological polar surface area (TPSA) is 68.8 Å². The van der Waals surface area contributed by atoms with E-state index in [0.29, 0.717) is 6.54 Å². The number of hydrogen-bond donors (Lipinski definition) is 3. The molecule has 0 heterocycles. The second-order valence-electron chi connectivity index (χ2n) is 7.57. The number of amides is 1. The molecule has 0 aliphatic carbocycles. The molecule has 0 saturated heterocycles. The van der Waals surface area contributed by atoms with Crippen LogP contribution in [0.5, 0.6) is 0 Å². The van der Waals surface area contributed by atoms with Crippen molar-refractivity contribution in [3.05, 3.63) is 0 Å². The van der Waals surface area contributed by atoms with Gasteiger partial charge in [-0.15, -0.1) is 0 Å². The number of rotatable bonds is 6. The molecule has 0 unspecified atom stereocenters. The number of nitrogens with zero attached hydrogens (tertiary/aromatic N) is 2. The van der Waals surface area contributed by atoms with Crippen molar-refractivity contribution >= 4 is 11.9 Å². The van der Waals surface area contributed by atoms with Crippen LogP contribution in [-0.4, -0.2) is 61.1 Å². The summed E-state index contributed by atoms with van der Waals surface area (Å²) in [7, 11) is 1.88. The number of likely N-dealkylation sites (N-methyl/N-ethyl adjacent to an activating group) is 1. The fraction of sp³-hybridized carbons (Fsp3) is 0.875. The molecule has 0 fully saturated rings. The van der Waals surface area contributed by atoms with Crippen molar-refractivity contribution in [2.24, 2.45) is 4.99 Å². The quantitative estimate of drug-likeness (QED) is 0.391. The van der Waals surface area contributed by atoms with E-state index in [2.05, 4.69) is 41.7 Å². The molecule has 130 valence electrons. The van der Waals surface area contributed by atoms with Gasteiger partial charge in [-0.2, -0.15) is 0 Å². The monoisotopic (exact) mass is 313 g/mol. The van der Waals surface area contributed by atoms with Crippen molar-refractivity contribution in [1.29, 1.82) is 0 Å². The minimum Gasteiger partial charge on any atom is -0.357 e. The van der Waals surface area contributed by atoms with Crippen molar-refractivity contribution in [1.82, 2.24) is 20.9 Å². The van der Waals surface area contributed by atoms with E-state index in [4.69, 9.17) is 0 Å². The summed E-state index contributed by atoms with van der Waals surface area (Å²) in [5.74, 6) is 0.746. The van der Waals surface area contributed by atoms with Crippen molar-refractivity contribution < 1.29 is 4.79 Å². The molecule has 0 bridgehead atoms. The van der Waals surface area contributed by atoms with Crippen LogP contribution in [0.25, 0.3) is 0 Å². The van der Waals surface area contributed by atoms with Gasteiger partial charge in [-0.3, -0.25) is 9.79 Å². The molecule has 0 aliphatic heterocycles. The summed E-state index contributed by atoms with van der Waals surface area (Å²) in [6.07, 6.45) is 0. The highest BCUT2D eigenvalue weighted by Crippen LogP contribution is 1.99. The van der Waals surface area contributed by atoms with Crippen molar-refractivity contribution in [2.75, 3.05) is 33.2 Å². The molecular weight excluding hydrogens is 278 g/mol. The molecule has 22 heavy (non-hydrogen) atoms. The molecule has 6 heteroatoms. The maximum atomic E-state index is 12.0. The summed E-state index contributed by atoms with van der Waals surface area (Å²) < 4.78 is 0. The van der Waals surface area contributed by atoms with Crippen LogP contribution < -0.4 is 16.0 Å². The summed E-state index contributed by atoms with van der Waals surface area (Å²) in [5.41, 5.74) is -0.129. The Bertz CT molecular complexity index is 366. The molecule has 6 nitrogen and oxygen atoms in total. The molecule has 0 saturated carbocycles. The Balaban J connectivity index is 4.49. The molecule has 1 amide bonds. The van der Waals surface area contributed by atoms with Crippen LogP contribution in [0.3, 0.4) is 0 Å². The van der Waals surface area contributed by atoms with E-state index in [9.17, 15) is 4.79 Å². The number of nitrogens with one attached hydrogen (secondary N) is 3. The predicted molar refractivity (Wildman–Crippen MR) is 94.3 cm³/mol. The third-order valence-electron chi connectivity index (χ3n) is 2.62. The maximum Gasteiger partial charge on any atom is 0.240 e. The molecule has 0 aromatic carbocycles. The molecule has 0 aromatic rings. The number of aliphatic imine (C=N–C) groups is 1. The first-order chi connectivity index (χ1) is 9.94. The summed E-state index contributed by atoms with van der Waals surface area (Å²) >= 11 is 0. The first kappa shape index (κ1) is 20.7. The highest BCUT2D eigenvalue weighted by molar-refractivity contribution is 5.86. The normalized spacial score (nSPS) is 13.0. The Morgan fingerprint density at radius 3 is 2.14 bits per heavy atom. The maximum absolute atomic E-state index is 12.0. The summed E-state index contributed by atoms with van der Waals surface area (Å²) in [5, 5.41) is 9.57. The van der Waals surface area contributed by atoms with Gasteiger partial charge in [-0.1, -0.05) is 0 Å². The van der Waals surface area contributed by atoms with E-state index in [1.165, 1.54) is 0 Å². The Morgan fingerprint density at radius 1 is 1.09 bits per heavy atom. The predicted octanol–water partition coefficient (Wildman–Crippen LogP) is 1.19. The average Bonchev–Trinajstić information content (AvgIpc) is 2.29. The standard InChI is InChI=1S/C16H35N5O/c1-9-17-14(18-10-11-19-15(2,3)4)21(8)12-13(22)20-16(5,6)7/h19H,9-12H2,1-8H3,(H,17,18)(H,20,22). The first-order valence-electron chi connectivity index (χ1n) is 8.00. The van der Waals surface area contributed by atoms with Crippen LogP contribution in [0.2, 0.25) is 0 Å². The lowest BCUT2D eigenvalue weighted by molar-refractivity contribution is -0.122. The molecule has 0 atom stereocenters. The van der Waals surface area contributed by atoms with Crippen LogP contribution in [0.1, 0.15) is 48.5 Å². The molecule has 0 aromatic heterocycles. The van der Waals surface area contributed by atoms with Gasteiger partial charge >= 0.3 is 0 Å². The SMILES string of the molecule is CCNC(=NCCNC(C)(C)C)N(C)CC(=O)NC(C)(C)C. The van der Waals surface area contributed by atoms with E-state index in [1.54, 1.807) is 0 Å². The van der Waals surface area contributed by atoms with Gasteiger partial charge in [0.25, 0.3) is 0 Å². The Labute approximate surface area is 136 Å². The van der Waals surface area contributed by atoms with E-state index < -0.39 is 0 Å². The zero-order valence-electron chi connectivity index (χ0n) is 15.6. The molecule has 0 aliphatic rings. The Hall–Kier alpha value is -1.30. The van der Waals surface area contributed by atoms with Gasteiger partial charge in [0.1, 0.15) is 0 Å². The number of guanidine groups is 1. The van der Waals surface area contributed by atoms with Crippen LogP contribution in [0.15, 0.2) is 4.99 Å². The minimum atomic E-state index is -0.218. The Kier molecular flexibility index (Phi) is 8.45. The number of carbonyl (C=O) groups is 1. The molecule has 0 spiro atoms. The number of hydrogen-bond acceptors (Lipinski definition) is 3. The highest BCUT2D eigenvalue weighted by atomic mass is 16.2. The molecular formula is C16H35N5O. The minimum absolute atomic E-state index is 0.00609. The second kappa shape index (κ2) is 8.98. The van der Waals surface area contributed by atoms with Crippen LogP contribution in [0.4, 0.5) is 0 Å². The smallest absolute Gasteiger partial charge is 0.240 e. The van der Waals surface area contributed by atoms with Gasteiger partial charge < -0.3 is 20.9 Å². The largest absolute Gasteiger partial charge is 0.357 e. The lowest BCUT2D eigenvalue weighted by atomic mass is 10.1. The Morgan fingerprint density at radius 2 is 1.68 bits per heavy atom. The van der Waals surface area contributed by atoms with Crippen LogP contribution in [-0.2, 0) is 4.79 Å². The van der Waals surface area contributed by atoms with Gasteiger partial charge in [0.05, 0.1) is 13.1 Å². The average molecular weight is 313 g/mol. The second-order valence-corrected chi connectivity index (χ2v) is 7.57. The zero-order valence-corrected chi connectivity index (χ0v) is 15.6. The van der Waals surface area contributed by atoms with E-state index in [1.807, 2.05) is 39.6 Å². The summed E-state index contributed by atoms with van der Waals surface area (Å²) in [6.45, 7) is 16.9. The lowest BCUT2D eigenvalue weighted by Crippen LogP contribution is -2.49. The van der Waals surface area contributed by atoms with Crippen LogP contribution >= 0.6 is 0 Å². The van der Waals surface area contributed by atoms with Gasteiger partial charge in [-0.25, -0.2) is 0 Å². The van der Waals surface area contributed by atoms with Crippen LogP contribution in [0, 0.1) is 0 Å². The van der Waals surface area contributed by atoms with Crippen molar-refractivity contribution in [3.8, 4) is 0 Å². The van der Waals surface area contributed by atoms with E-state index in [0.717, 1.165) is 19.0 Å². The molecule has 3 N–H and O–H groups in total. The van der Waals surface area contributed by atoms with Gasteiger partial charge in [-0.05, 0) is 48.5 Å². The zero-order chi connectivity index (χ0) is 17.4. The lowest BCUT2D eigenvalue weighted by Gasteiger charge is -2.25. The third kappa shape index (κ3) is 11.4. The number of carbonyl (C=O) groups excluding carboxylic acids is 1. The molecule has 0 radical (unpaired) electrons. The highest BCUT2D eigenvalue weighted by Gasteiger charge is 2.16. The van der Waals surface area contributed by atoms with Crippen molar-refractivity contribution in [3.63, 3.8) is 0 Å². The first-order valence-corrected chi connectivity index (χ1v) is 8.00. The fourth-order valence-corrected chi connectivity index (χ4v) is 1.81. The van der Waals surface area contributed by atoms with Gasteiger partial charge in [0.15, 0.2) is 5.96 Å². The van der Waals surface area contributed by atoms with E-state index in [-0.39, 0.29) is 23.5 Å². The molecule has 0 rings (SSSR count). The van der Waals surface area contributed by atoms with Gasteiger partial charge in [0, 0.05) is 31.2 Å². The van der Waals surface area contributed by atoms with Crippen molar-refractivity contribution in [2.45, 2.75) is 59.5 Å². The third-order valence-corrected chi connectivity index (χ3v) is 2.62. The fourth-order valence-electron chi connectivity index (χ4n) is 1.81. The summed E-state index contributed by atoms with van der Waals surface area (Å²) in [4.78, 5) is 18.4.